The van der Waals surface area contributed by atoms with Crippen LogP contribution in [-0.2, 0) is 0 Å². The van der Waals surface area contributed by atoms with Gasteiger partial charge in [0.15, 0.2) is 0 Å². The first-order chi connectivity index (χ1) is 8.76. The third-order valence-corrected chi connectivity index (χ3v) is 4.46. The van der Waals surface area contributed by atoms with Gasteiger partial charge in [0.2, 0.25) is 0 Å². The lowest BCUT2D eigenvalue weighted by Gasteiger charge is -2.32. The summed E-state index contributed by atoms with van der Waals surface area (Å²) < 4.78 is 0.932. The van der Waals surface area contributed by atoms with Crippen molar-refractivity contribution < 1.29 is 0 Å². The highest BCUT2D eigenvalue weighted by molar-refractivity contribution is 9.10. The summed E-state index contributed by atoms with van der Waals surface area (Å²) in [6, 6.07) is 2.06. The zero-order valence-electron chi connectivity index (χ0n) is 10.9. The zero-order chi connectivity index (χ0) is 12.5. The Kier molecular flexibility index (Phi) is 3.55. The molecule has 3 nitrogen and oxygen atoms in total. The van der Waals surface area contributed by atoms with Gasteiger partial charge in [-0.1, -0.05) is 6.42 Å². The summed E-state index contributed by atoms with van der Waals surface area (Å²) >= 11 is 3.53. The number of aromatic nitrogens is 2. The van der Waals surface area contributed by atoms with Crippen LogP contribution in [0.5, 0.6) is 0 Å². The van der Waals surface area contributed by atoms with Crippen LogP contribution in [-0.4, -0.2) is 23.1 Å². The monoisotopic (exact) mass is 309 g/mol. The standard InChI is InChI=1S/C14H20BrN3/c1-2-18(9-10-4-3-5-10)13-8-12(15)16-14(17-13)11-6-7-11/h8,10-11H,2-7,9H2,1H3. The molecule has 0 aromatic carbocycles. The molecule has 2 aliphatic rings. The number of anilines is 1. The molecule has 0 N–H and O–H groups in total. The lowest BCUT2D eigenvalue weighted by atomic mass is 9.85. The minimum atomic E-state index is 0.614. The topological polar surface area (TPSA) is 29.0 Å². The van der Waals surface area contributed by atoms with Crippen molar-refractivity contribution >= 4 is 21.7 Å². The Bertz CT molecular complexity index is 427. The zero-order valence-corrected chi connectivity index (χ0v) is 12.5. The van der Waals surface area contributed by atoms with Gasteiger partial charge in [-0.15, -0.1) is 0 Å². The van der Waals surface area contributed by atoms with Crippen molar-refractivity contribution in [1.29, 1.82) is 0 Å². The molecule has 1 aromatic heterocycles. The molecule has 2 fully saturated rings. The number of nitrogens with zero attached hydrogens (tertiary/aromatic N) is 3. The van der Waals surface area contributed by atoms with Crippen molar-refractivity contribution in [3.8, 4) is 0 Å². The summed E-state index contributed by atoms with van der Waals surface area (Å²) in [4.78, 5) is 11.7. The average Bonchev–Trinajstić information content (AvgIpc) is 3.10. The van der Waals surface area contributed by atoms with Crippen LogP contribution in [0.25, 0.3) is 0 Å². The molecular weight excluding hydrogens is 290 g/mol. The fraction of sp³-hybridized carbons (Fsp3) is 0.714. The SMILES string of the molecule is CCN(CC1CCC1)c1cc(Br)nc(C2CC2)n1. The van der Waals surface area contributed by atoms with E-state index >= 15 is 0 Å². The predicted molar refractivity (Wildman–Crippen MR) is 76.9 cm³/mol. The van der Waals surface area contributed by atoms with E-state index in [0.29, 0.717) is 5.92 Å². The average molecular weight is 310 g/mol. The third-order valence-electron chi connectivity index (χ3n) is 4.05. The minimum absolute atomic E-state index is 0.614. The quantitative estimate of drug-likeness (QED) is 0.776. The van der Waals surface area contributed by atoms with Crippen LogP contribution in [0, 0.1) is 5.92 Å². The molecule has 3 rings (SSSR count). The Hall–Kier alpha value is -0.640. The molecule has 4 heteroatoms. The Morgan fingerprint density at radius 2 is 2.06 bits per heavy atom. The van der Waals surface area contributed by atoms with Crippen molar-refractivity contribution in [1.82, 2.24) is 9.97 Å². The highest BCUT2D eigenvalue weighted by atomic mass is 79.9. The summed E-state index contributed by atoms with van der Waals surface area (Å²) in [6.07, 6.45) is 6.69. The van der Waals surface area contributed by atoms with Gasteiger partial charge in [0.1, 0.15) is 16.2 Å². The van der Waals surface area contributed by atoms with Gasteiger partial charge in [-0.3, -0.25) is 0 Å². The largest absolute Gasteiger partial charge is 0.356 e. The van der Waals surface area contributed by atoms with Crippen molar-refractivity contribution in [3.63, 3.8) is 0 Å². The maximum Gasteiger partial charge on any atom is 0.135 e. The van der Waals surface area contributed by atoms with E-state index in [9.17, 15) is 0 Å². The van der Waals surface area contributed by atoms with Gasteiger partial charge in [0.05, 0.1) is 0 Å². The van der Waals surface area contributed by atoms with E-state index in [1.807, 2.05) is 0 Å². The minimum Gasteiger partial charge on any atom is -0.356 e. The molecule has 1 aromatic rings. The first-order valence-electron chi connectivity index (χ1n) is 7.05. The van der Waals surface area contributed by atoms with Crippen molar-refractivity contribution in [2.75, 3.05) is 18.0 Å². The Labute approximate surface area is 117 Å². The molecule has 1 heterocycles. The number of hydrogen-bond donors (Lipinski definition) is 0. The van der Waals surface area contributed by atoms with Gasteiger partial charge in [0, 0.05) is 25.1 Å². The summed E-state index contributed by atoms with van der Waals surface area (Å²) in [5, 5.41) is 0. The first-order valence-corrected chi connectivity index (χ1v) is 7.85. The van der Waals surface area contributed by atoms with Crippen LogP contribution >= 0.6 is 15.9 Å². The second-order valence-corrected chi connectivity index (χ2v) is 6.33. The van der Waals surface area contributed by atoms with E-state index < -0.39 is 0 Å². The molecule has 0 saturated heterocycles. The van der Waals surface area contributed by atoms with Crippen molar-refractivity contribution in [3.05, 3.63) is 16.5 Å². The predicted octanol–water partition coefficient (Wildman–Crippen LogP) is 3.74. The van der Waals surface area contributed by atoms with E-state index in [-0.39, 0.29) is 0 Å². The molecule has 0 amide bonds. The fourth-order valence-electron chi connectivity index (χ4n) is 2.48. The lowest BCUT2D eigenvalue weighted by molar-refractivity contribution is 0.318. The second kappa shape index (κ2) is 5.16. The molecule has 0 spiro atoms. The van der Waals surface area contributed by atoms with E-state index in [1.54, 1.807) is 0 Å². The molecule has 0 radical (unpaired) electrons. The van der Waals surface area contributed by atoms with Crippen LogP contribution in [0.3, 0.4) is 0 Å². The van der Waals surface area contributed by atoms with Gasteiger partial charge in [-0.2, -0.15) is 0 Å². The first kappa shape index (κ1) is 12.4. The van der Waals surface area contributed by atoms with Gasteiger partial charge >= 0.3 is 0 Å². The number of rotatable bonds is 5. The molecule has 2 saturated carbocycles. The van der Waals surface area contributed by atoms with Crippen LogP contribution in [0.4, 0.5) is 5.82 Å². The smallest absolute Gasteiger partial charge is 0.135 e. The molecule has 0 unspecified atom stereocenters. The van der Waals surface area contributed by atoms with Crippen LogP contribution in [0.2, 0.25) is 0 Å². The molecule has 98 valence electrons. The summed E-state index contributed by atoms with van der Waals surface area (Å²) in [6.45, 7) is 4.40. The third kappa shape index (κ3) is 2.68. The van der Waals surface area contributed by atoms with Gasteiger partial charge in [0.25, 0.3) is 0 Å². The van der Waals surface area contributed by atoms with Crippen molar-refractivity contribution in [2.45, 2.75) is 44.9 Å². The van der Waals surface area contributed by atoms with Gasteiger partial charge in [-0.05, 0) is 54.5 Å². The van der Waals surface area contributed by atoms with E-state index in [2.05, 4.69) is 38.8 Å². The van der Waals surface area contributed by atoms with Gasteiger partial charge in [-0.25, -0.2) is 9.97 Å². The van der Waals surface area contributed by atoms with E-state index in [1.165, 1.54) is 32.1 Å². The second-order valence-electron chi connectivity index (χ2n) is 5.52. The van der Waals surface area contributed by atoms with E-state index in [0.717, 1.165) is 35.3 Å². The highest BCUT2D eigenvalue weighted by Crippen LogP contribution is 2.39. The summed E-state index contributed by atoms with van der Waals surface area (Å²) in [5.41, 5.74) is 0. The highest BCUT2D eigenvalue weighted by Gasteiger charge is 2.28. The Morgan fingerprint density at radius 1 is 1.28 bits per heavy atom. The van der Waals surface area contributed by atoms with Crippen molar-refractivity contribution in [2.24, 2.45) is 5.92 Å². The molecule has 0 atom stereocenters. The van der Waals surface area contributed by atoms with Crippen LogP contribution in [0.1, 0.15) is 50.8 Å². The van der Waals surface area contributed by atoms with E-state index in [4.69, 9.17) is 4.98 Å². The lowest BCUT2D eigenvalue weighted by Crippen LogP contribution is -2.33. The normalized spacial score (nSPS) is 19.7. The molecule has 2 aliphatic carbocycles. The molecular formula is C14H20BrN3. The summed E-state index contributed by atoms with van der Waals surface area (Å²) in [5.74, 6) is 3.63. The number of halogens is 1. The number of hydrogen-bond acceptors (Lipinski definition) is 3. The maximum absolute atomic E-state index is 4.76. The Morgan fingerprint density at radius 3 is 2.61 bits per heavy atom. The maximum atomic E-state index is 4.76. The fourth-order valence-corrected chi connectivity index (χ4v) is 2.87. The Balaban J connectivity index is 1.78. The van der Waals surface area contributed by atoms with Gasteiger partial charge < -0.3 is 4.90 Å². The molecule has 0 bridgehead atoms. The van der Waals surface area contributed by atoms with Crippen LogP contribution < -0.4 is 4.90 Å². The molecule has 18 heavy (non-hydrogen) atoms. The van der Waals surface area contributed by atoms with Crippen LogP contribution in [0.15, 0.2) is 10.7 Å². The summed E-state index contributed by atoms with van der Waals surface area (Å²) in [7, 11) is 0. The molecule has 0 aliphatic heterocycles.